The van der Waals surface area contributed by atoms with Gasteiger partial charge >= 0.3 is 0 Å². The van der Waals surface area contributed by atoms with Crippen LogP contribution in [0.5, 0.6) is 0 Å². The van der Waals surface area contributed by atoms with E-state index in [-0.39, 0.29) is 5.41 Å². The van der Waals surface area contributed by atoms with Crippen LogP contribution in [0.3, 0.4) is 0 Å². The van der Waals surface area contributed by atoms with Crippen LogP contribution in [0.1, 0.15) is 36.1 Å². The maximum Gasteiger partial charge on any atom is 0.0152 e. The highest BCUT2D eigenvalue weighted by molar-refractivity contribution is 5.68. The first-order valence-electron chi connectivity index (χ1n) is 10.3. The number of aryl methyl sites for hydroxylation is 2. The first-order valence-corrected chi connectivity index (χ1v) is 10.3. The Bertz CT molecular complexity index is 1030. The van der Waals surface area contributed by atoms with Gasteiger partial charge in [-0.3, -0.25) is 0 Å². The molecule has 0 heteroatoms. The molecule has 4 aromatic rings. The van der Waals surface area contributed by atoms with E-state index in [9.17, 15) is 0 Å². The minimum absolute atomic E-state index is 0.0935. The lowest BCUT2D eigenvalue weighted by molar-refractivity contribution is 0.632. The lowest BCUT2D eigenvalue weighted by atomic mass is 9.73. The van der Waals surface area contributed by atoms with Crippen LogP contribution in [-0.2, 0) is 5.41 Å². The average Bonchev–Trinajstić information content (AvgIpc) is 2.75. The zero-order valence-corrected chi connectivity index (χ0v) is 17.7. The van der Waals surface area contributed by atoms with Gasteiger partial charge in [0.15, 0.2) is 0 Å². The lowest BCUT2D eigenvalue weighted by Crippen LogP contribution is -2.22. The van der Waals surface area contributed by atoms with Crippen LogP contribution in [0, 0.1) is 13.8 Å². The van der Waals surface area contributed by atoms with Gasteiger partial charge in [-0.2, -0.15) is 0 Å². The van der Waals surface area contributed by atoms with Crippen molar-refractivity contribution in [3.8, 4) is 22.3 Å². The van der Waals surface area contributed by atoms with Gasteiger partial charge in [-0.25, -0.2) is 0 Å². The Morgan fingerprint density at radius 1 is 0.448 bits per heavy atom. The third-order valence-electron chi connectivity index (χ3n) is 6.04. The first-order chi connectivity index (χ1) is 14.0. The van der Waals surface area contributed by atoms with Gasteiger partial charge in [-0.05, 0) is 58.4 Å². The molecular weight excluding hydrogens is 348 g/mol. The molecule has 0 unspecified atom stereocenters. The summed E-state index contributed by atoms with van der Waals surface area (Å²) in [5, 5.41) is 0. The largest absolute Gasteiger partial charge is 0.0622 e. The van der Waals surface area contributed by atoms with Gasteiger partial charge in [0.25, 0.3) is 0 Å². The summed E-state index contributed by atoms with van der Waals surface area (Å²) in [5.41, 5.74) is 10.4. The van der Waals surface area contributed by atoms with E-state index in [4.69, 9.17) is 0 Å². The number of benzene rings is 4. The van der Waals surface area contributed by atoms with E-state index in [1.165, 1.54) is 44.5 Å². The molecule has 0 N–H and O–H groups in total. The van der Waals surface area contributed by atoms with Crippen LogP contribution >= 0.6 is 0 Å². The van der Waals surface area contributed by atoms with E-state index >= 15 is 0 Å². The number of rotatable bonds is 4. The zero-order valence-electron chi connectivity index (χ0n) is 17.7. The smallest absolute Gasteiger partial charge is 0.0152 e. The molecule has 0 saturated carbocycles. The Morgan fingerprint density at radius 3 is 1.21 bits per heavy atom. The fraction of sp³-hybridized carbons (Fsp3) is 0.172. The third kappa shape index (κ3) is 3.76. The third-order valence-corrected chi connectivity index (χ3v) is 6.04. The molecule has 0 aliphatic carbocycles. The van der Waals surface area contributed by atoms with Gasteiger partial charge in [0.05, 0.1) is 0 Å². The first kappa shape index (κ1) is 19.2. The second-order valence-corrected chi connectivity index (χ2v) is 8.42. The van der Waals surface area contributed by atoms with Crippen molar-refractivity contribution in [3.05, 3.63) is 119 Å². The van der Waals surface area contributed by atoms with Crippen LogP contribution in [0.15, 0.2) is 97.1 Å². The van der Waals surface area contributed by atoms with E-state index in [1.54, 1.807) is 0 Å². The van der Waals surface area contributed by atoms with Gasteiger partial charge < -0.3 is 0 Å². The molecule has 4 aromatic carbocycles. The molecule has 0 saturated heterocycles. The standard InChI is InChI=1S/C29H28/c1-21-15-17-25(23-11-7-5-8-12-23)19-27(21)29(3,4)28-20-26(18-16-22(28)2)24-13-9-6-10-14-24/h5-20H,1-4H3. The summed E-state index contributed by atoms with van der Waals surface area (Å²) in [6.45, 7) is 9.15. The van der Waals surface area contributed by atoms with Gasteiger partial charge in [-0.15, -0.1) is 0 Å². The van der Waals surface area contributed by atoms with Crippen LogP contribution in [0.2, 0.25) is 0 Å². The van der Waals surface area contributed by atoms with E-state index < -0.39 is 0 Å². The topological polar surface area (TPSA) is 0 Å². The minimum Gasteiger partial charge on any atom is -0.0622 e. The second-order valence-electron chi connectivity index (χ2n) is 8.42. The maximum absolute atomic E-state index is 2.37. The second kappa shape index (κ2) is 7.72. The molecule has 0 spiro atoms. The molecule has 4 rings (SSSR count). The molecule has 0 radical (unpaired) electrons. The van der Waals surface area contributed by atoms with Crippen molar-refractivity contribution in [2.45, 2.75) is 33.1 Å². The van der Waals surface area contributed by atoms with Crippen molar-refractivity contribution in [1.29, 1.82) is 0 Å². The van der Waals surface area contributed by atoms with Gasteiger partial charge in [-0.1, -0.05) is 111 Å². The SMILES string of the molecule is Cc1ccc(-c2ccccc2)cc1C(C)(C)c1cc(-c2ccccc2)ccc1C. The Morgan fingerprint density at radius 2 is 0.828 bits per heavy atom. The highest BCUT2D eigenvalue weighted by atomic mass is 14.3. The Balaban J connectivity index is 1.83. The number of hydrogen-bond donors (Lipinski definition) is 0. The molecule has 0 atom stereocenters. The molecule has 144 valence electrons. The highest BCUT2D eigenvalue weighted by Crippen LogP contribution is 2.39. The van der Waals surface area contributed by atoms with Crippen LogP contribution in [-0.4, -0.2) is 0 Å². The average molecular weight is 377 g/mol. The van der Waals surface area contributed by atoms with E-state index in [0.29, 0.717) is 0 Å². The number of hydrogen-bond acceptors (Lipinski definition) is 0. The quantitative estimate of drug-likeness (QED) is 0.339. The molecule has 0 aliphatic rings. The molecule has 0 aliphatic heterocycles. The molecule has 0 nitrogen and oxygen atoms in total. The minimum atomic E-state index is -0.0935. The molecule has 0 bridgehead atoms. The Hall–Kier alpha value is -3.12. The van der Waals surface area contributed by atoms with Crippen molar-refractivity contribution in [2.24, 2.45) is 0 Å². The maximum atomic E-state index is 2.37. The van der Waals surface area contributed by atoms with Gasteiger partial charge in [0.2, 0.25) is 0 Å². The van der Waals surface area contributed by atoms with Crippen molar-refractivity contribution in [3.63, 3.8) is 0 Å². The predicted molar refractivity (Wildman–Crippen MR) is 125 cm³/mol. The Labute approximate surface area is 174 Å². The summed E-state index contributed by atoms with van der Waals surface area (Å²) in [6, 6.07) is 35.0. The molecular formula is C29H28. The fourth-order valence-corrected chi connectivity index (χ4v) is 4.36. The van der Waals surface area contributed by atoms with Crippen LogP contribution < -0.4 is 0 Å². The summed E-state index contributed by atoms with van der Waals surface area (Å²) in [4.78, 5) is 0. The molecule has 0 fully saturated rings. The molecule has 29 heavy (non-hydrogen) atoms. The normalized spacial score (nSPS) is 11.4. The summed E-state index contributed by atoms with van der Waals surface area (Å²) in [7, 11) is 0. The van der Waals surface area contributed by atoms with E-state index in [0.717, 1.165) is 0 Å². The zero-order chi connectivity index (χ0) is 20.4. The van der Waals surface area contributed by atoms with E-state index in [1.807, 2.05) is 0 Å². The highest BCUT2D eigenvalue weighted by Gasteiger charge is 2.27. The lowest BCUT2D eigenvalue weighted by Gasteiger charge is -2.31. The van der Waals surface area contributed by atoms with Crippen molar-refractivity contribution >= 4 is 0 Å². The summed E-state index contributed by atoms with van der Waals surface area (Å²) in [6.07, 6.45) is 0. The summed E-state index contributed by atoms with van der Waals surface area (Å²) < 4.78 is 0. The van der Waals surface area contributed by atoms with Crippen molar-refractivity contribution in [1.82, 2.24) is 0 Å². The molecule has 0 aromatic heterocycles. The van der Waals surface area contributed by atoms with Crippen molar-refractivity contribution in [2.75, 3.05) is 0 Å². The summed E-state index contributed by atoms with van der Waals surface area (Å²) >= 11 is 0. The van der Waals surface area contributed by atoms with Crippen LogP contribution in [0.4, 0.5) is 0 Å². The van der Waals surface area contributed by atoms with Gasteiger partial charge in [0.1, 0.15) is 0 Å². The van der Waals surface area contributed by atoms with E-state index in [2.05, 4.69) is 125 Å². The van der Waals surface area contributed by atoms with Gasteiger partial charge in [0, 0.05) is 5.41 Å². The fourth-order valence-electron chi connectivity index (χ4n) is 4.36. The monoisotopic (exact) mass is 376 g/mol. The Kier molecular flexibility index (Phi) is 5.11. The summed E-state index contributed by atoms with van der Waals surface area (Å²) in [5.74, 6) is 0. The molecule has 0 amide bonds. The van der Waals surface area contributed by atoms with Crippen LogP contribution in [0.25, 0.3) is 22.3 Å². The molecule has 0 heterocycles. The predicted octanol–water partition coefficient (Wildman–Crippen LogP) is 7.96. The van der Waals surface area contributed by atoms with Crippen molar-refractivity contribution < 1.29 is 0 Å².